The molecule has 0 amide bonds. The van der Waals surface area contributed by atoms with Gasteiger partial charge in [-0.2, -0.15) is 0 Å². The lowest BCUT2D eigenvalue weighted by Crippen LogP contribution is -2.38. The zero-order valence-electron chi connectivity index (χ0n) is 31.5. The lowest BCUT2D eigenvalue weighted by Gasteiger charge is -2.42. The van der Waals surface area contributed by atoms with Crippen molar-refractivity contribution in [2.75, 3.05) is 4.90 Å². The fourth-order valence-electron chi connectivity index (χ4n) is 8.74. The van der Waals surface area contributed by atoms with Gasteiger partial charge in [0, 0.05) is 45.2 Å². The minimum atomic E-state index is -0.851. The van der Waals surface area contributed by atoms with E-state index in [1.807, 2.05) is 12.2 Å². The van der Waals surface area contributed by atoms with Gasteiger partial charge >= 0.3 is 0 Å². The molecule has 7 aromatic rings. The van der Waals surface area contributed by atoms with Crippen LogP contribution in [0, 0.1) is 0 Å². The Morgan fingerprint density at radius 3 is 1.85 bits per heavy atom. The SMILES string of the molecule is C=C/C=C\C=C(/C)C1(c2ccccc2)Oc2cc(N(c3cccc(-c4ccccc4)c3)c3ccc4c(c3)C(C)(C)c3ccccc3-4)ccc2-c2ccccc21. The third-order valence-electron chi connectivity index (χ3n) is 11.4. The van der Waals surface area contributed by atoms with E-state index in [-0.39, 0.29) is 5.41 Å². The second kappa shape index (κ2) is 13.6. The van der Waals surface area contributed by atoms with Gasteiger partial charge in [-0.3, -0.25) is 0 Å². The summed E-state index contributed by atoms with van der Waals surface area (Å²) >= 11 is 0. The van der Waals surface area contributed by atoms with Crippen LogP contribution in [0.5, 0.6) is 5.75 Å². The molecular weight excluding hydrogens is 667 g/mol. The summed E-state index contributed by atoms with van der Waals surface area (Å²) < 4.78 is 7.47. The van der Waals surface area contributed by atoms with E-state index >= 15 is 0 Å². The highest BCUT2D eigenvalue weighted by Crippen LogP contribution is 2.54. The van der Waals surface area contributed by atoms with Crippen molar-refractivity contribution in [3.8, 4) is 39.1 Å². The molecule has 2 nitrogen and oxygen atoms in total. The minimum Gasteiger partial charge on any atom is -0.473 e. The number of benzene rings is 7. The lowest BCUT2D eigenvalue weighted by molar-refractivity contribution is 0.147. The van der Waals surface area contributed by atoms with Gasteiger partial charge in [-0.15, -0.1) is 0 Å². The van der Waals surface area contributed by atoms with Crippen molar-refractivity contribution in [3.63, 3.8) is 0 Å². The molecule has 1 aliphatic carbocycles. The zero-order valence-corrected chi connectivity index (χ0v) is 31.5. The summed E-state index contributed by atoms with van der Waals surface area (Å²) in [7, 11) is 0. The highest BCUT2D eigenvalue weighted by Gasteiger charge is 2.44. The Labute approximate surface area is 325 Å². The molecule has 1 atom stereocenters. The maximum atomic E-state index is 7.47. The number of fused-ring (bicyclic) bond motifs is 6. The van der Waals surface area contributed by atoms with E-state index < -0.39 is 5.60 Å². The Morgan fingerprint density at radius 2 is 1.11 bits per heavy atom. The Bertz CT molecular complexity index is 2630. The first-order valence-corrected chi connectivity index (χ1v) is 19.0. The molecule has 2 heteroatoms. The van der Waals surface area contributed by atoms with Crippen LogP contribution < -0.4 is 9.64 Å². The number of hydrogen-bond donors (Lipinski definition) is 0. The summed E-state index contributed by atoms with van der Waals surface area (Å²) in [5.41, 5.74) is 15.4. The molecule has 1 heterocycles. The average Bonchev–Trinajstić information content (AvgIpc) is 3.46. The molecule has 9 rings (SSSR count). The fraction of sp³-hybridized carbons (Fsp3) is 0.0943. The number of nitrogens with zero attached hydrogens (tertiary/aromatic N) is 1. The predicted octanol–water partition coefficient (Wildman–Crippen LogP) is 14.1. The summed E-state index contributed by atoms with van der Waals surface area (Å²) in [5.74, 6) is 0.832. The average molecular weight is 710 g/mol. The highest BCUT2D eigenvalue weighted by molar-refractivity contribution is 5.88. The van der Waals surface area contributed by atoms with Gasteiger partial charge in [-0.05, 0) is 87.8 Å². The van der Waals surface area contributed by atoms with Crippen molar-refractivity contribution >= 4 is 17.1 Å². The number of allylic oxidation sites excluding steroid dienone is 4. The number of hydrogen-bond acceptors (Lipinski definition) is 2. The van der Waals surface area contributed by atoms with Crippen LogP contribution in [0.1, 0.15) is 43.0 Å². The third kappa shape index (κ3) is 5.65. The molecule has 55 heavy (non-hydrogen) atoms. The van der Waals surface area contributed by atoms with Crippen LogP contribution in [0.3, 0.4) is 0 Å². The summed E-state index contributed by atoms with van der Waals surface area (Å²) in [5, 5.41) is 0. The Morgan fingerprint density at radius 1 is 0.527 bits per heavy atom. The second-order valence-corrected chi connectivity index (χ2v) is 15.0. The number of rotatable bonds is 8. The summed E-state index contributed by atoms with van der Waals surface area (Å²) in [6.45, 7) is 10.7. The molecule has 0 fully saturated rings. The molecule has 1 unspecified atom stereocenters. The highest BCUT2D eigenvalue weighted by atomic mass is 16.5. The largest absolute Gasteiger partial charge is 0.473 e. The van der Waals surface area contributed by atoms with Crippen molar-refractivity contribution < 1.29 is 4.74 Å². The molecule has 266 valence electrons. The molecular formula is C53H43NO. The van der Waals surface area contributed by atoms with Gasteiger partial charge in [-0.1, -0.05) is 172 Å². The van der Waals surface area contributed by atoms with Gasteiger partial charge in [0.2, 0.25) is 0 Å². The first kappa shape index (κ1) is 34.1. The van der Waals surface area contributed by atoms with Gasteiger partial charge in [0.15, 0.2) is 5.60 Å². The van der Waals surface area contributed by atoms with Gasteiger partial charge in [0.05, 0.1) is 0 Å². The maximum Gasteiger partial charge on any atom is 0.181 e. The molecule has 7 aromatic carbocycles. The Hall–Kier alpha value is -6.64. The van der Waals surface area contributed by atoms with Crippen LogP contribution in [0.2, 0.25) is 0 Å². The smallest absolute Gasteiger partial charge is 0.181 e. The van der Waals surface area contributed by atoms with E-state index in [2.05, 4.69) is 208 Å². The third-order valence-corrected chi connectivity index (χ3v) is 11.4. The van der Waals surface area contributed by atoms with Crippen LogP contribution in [-0.2, 0) is 11.0 Å². The zero-order chi connectivity index (χ0) is 37.6. The normalized spacial score (nSPS) is 16.4. The first-order chi connectivity index (χ1) is 26.9. The summed E-state index contributed by atoms with van der Waals surface area (Å²) in [4.78, 5) is 2.38. The summed E-state index contributed by atoms with van der Waals surface area (Å²) in [6, 6.07) is 61.3. The molecule has 2 aliphatic rings. The lowest BCUT2D eigenvalue weighted by atomic mass is 9.75. The molecule has 1 aliphatic heterocycles. The monoisotopic (exact) mass is 709 g/mol. The van der Waals surface area contributed by atoms with Crippen molar-refractivity contribution in [1.82, 2.24) is 0 Å². The molecule has 0 radical (unpaired) electrons. The van der Waals surface area contributed by atoms with E-state index in [9.17, 15) is 0 Å². The molecule has 0 saturated heterocycles. The quantitative estimate of drug-likeness (QED) is 0.146. The van der Waals surface area contributed by atoms with Crippen LogP contribution in [0.15, 0.2) is 206 Å². The number of ether oxygens (including phenoxy) is 1. The molecule has 0 N–H and O–H groups in total. The van der Waals surface area contributed by atoms with Crippen molar-refractivity contribution in [1.29, 1.82) is 0 Å². The van der Waals surface area contributed by atoms with Gasteiger partial charge in [-0.25, -0.2) is 0 Å². The topological polar surface area (TPSA) is 12.5 Å². The maximum absolute atomic E-state index is 7.47. The number of anilines is 3. The van der Waals surface area contributed by atoms with Crippen molar-refractivity contribution in [2.24, 2.45) is 0 Å². The van der Waals surface area contributed by atoms with Crippen LogP contribution in [-0.4, -0.2) is 0 Å². The van der Waals surface area contributed by atoms with E-state index in [0.29, 0.717) is 0 Å². The first-order valence-electron chi connectivity index (χ1n) is 19.0. The Balaban J connectivity index is 1.26. The van der Waals surface area contributed by atoms with Gasteiger partial charge < -0.3 is 9.64 Å². The standard InChI is InChI=1S/C53H43NO/c1-5-6-9-19-37(2)53(40-23-12-8-13-24-40)49-29-17-15-27-45(49)47-33-31-43(36-51(47)55-53)54(41-25-18-22-39(34-41)38-20-10-7-11-21-38)42-30-32-46-44-26-14-16-28-48(44)52(3,4)50(46)35-42/h5-36H,1H2,2-4H3/b9-6-,37-19+. The van der Waals surface area contributed by atoms with Gasteiger partial charge in [0.25, 0.3) is 0 Å². The molecule has 0 spiro atoms. The summed E-state index contributed by atoms with van der Waals surface area (Å²) in [6.07, 6.45) is 7.95. The van der Waals surface area contributed by atoms with Crippen LogP contribution in [0.25, 0.3) is 33.4 Å². The Kier molecular flexibility index (Phi) is 8.47. The predicted molar refractivity (Wildman–Crippen MR) is 231 cm³/mol. The van der Waals surface area contributed by atoms with E-state index in [4.69, 9.17) is 4.74 Å². The van der Waals surface area contributed by atoms with Crippen molar-refractivity contribution in [3.05, 3.63) is 229 Å². The van der Waals surface area contributed by atoms with E-state index in [1.54, 1.807) is 6.08 Å². The van der Waals surface area contributed by atoms with E-state index in [1.165, 1.54) is 27.8 Å². The second-order valence-electron chi connectivity index (χ2n) is 15.0. The van der Waals surface area contributed by atoms with Crippen LogP contribution >= 0.6 is 0 Å². The molecule has 0 saturated carbocycles. The van der Waals surface area contributed by atoms with E-state index in [0.717, 1.165) is 56.2 Å². The fourth-order valence-corrected chi connectivity index (χ4v) is 8.74. The minimum absolute atomic E-state index is 0.138. The van der Waals surface area contributed by atoms with Gasteiger partial charge in [0.1, 0.15) is 5.75 Å². The molecule has 0 aromatic heterocycles. The van der Waals surface area contributed by atoms with Crippen molar-refractivity contribution in [2.45, 2.75) is 31.8 Å². The van der Waals surface area contributed by atoms with Crippen LogP contribution in [0.4, 0.5) is 17.1 Å². The molecule has 0 bridgehead atoms.